The number of hydrogen-bond donors (Lipinski definition) is 2. The van der Waals surface area contributed by atoms with E-state index in [9.17, 15) is 31.5 Å². The fourth-order valence-electron chi connectivity index (χ4n) is 2.98. The Kier molecular flexibility index (Phi) is 7.48. The lowest BCUT2D eigenvalue weighted by molar-refractivity contribution is -0.274. The second-order valence-electron chi connectivity index (χ2n) is 7.19. The summed E-state index contributed by atoms with van der Waals surface area (Å²) in [6.07, 6.45) is -4.41. The number of benzene rings is 3. The van der Waals surface area contributed by atoms with Crippen LogP contribution in [0, 0.1) is 6.92 Å². The van der Waals surface area contributed by atoms with Gasteiger partial charge in [-0.05, 0) is 73.0 Å². The van der Waals surface area contributed by atoms with Crippen molar-refractivity contribution in [3.63, 3.8) is 0 Å². The Balaban J connectivity index is 0.00000432. The number of nitrogens with one attached hydrogen (secondary N) is 1. The minimum atomic E-state index is -4.77. The van der Waals surface area contributed by atoms with Gasteiger partial charge >= 0.3 is 12.3 Å². The van der Waals surface area contributed by atoms with E-state index in [0.717, 1.165) is 23.8 Å². The van der Waals surface area contributed by atoms with E-state index in [4.69, 9.17) is 4.74 Å². The topological polar surface area (TPSA) is 102 Å². The van der Waals surface area contributed by atoms with E-state index in [1.165, 1.54) is 24.3 Å². The maximum atomic E-state index is 12.5. The second kappa shape index (κ2) is 10.1. The third kappa shape index (κ3) is 6.96. The average molecular weight is 497 g/mol. The van der Waals surface area contributed by atoms with E-state index in [1.807, 2.05) is 0 Å². The van der Waals surface area contributed by atoms with Crippen LogP contribution in [0.5, 0.6) is 17.2 Å². The van der Waals surface area contributed by atoms with Crippen molar-refractivity contribution in [2.45, 2.75) is 24.6 Å². The first-order valence-corrected chi connectivity index (χ1v) is 11.4. The summed E-state index contributed by atoms with van der Waals surface area (Å²) in [6, 6.07) is 15.6. The van der Waals surface area contributed by atoms with Crippen molar-refractivity contribution in [1.29, 1.82) is 0 Å². The zero-order valence-corrected chi connectivity index (χ0v) is 18.6. The van der Waals surface area contributed by atoms with Crippen molar-refractivity contribution in [2.24, 2.45) is 0 Å². The minimum Gasteiger partial charge on any atom is -0.478 e. The molecule has 34 heavy (non-hydrogen) atoms. The fraction of sp³-hybridized carbons (Fsp3) is 0.174. The average Bonchev–Trinajstić information content (AvgIpc) is 2.75. The first-order chi connectivity index (χ1) is 15.9. The molecule has 0 unspecified atom stereocenters. The van der Waals surface area contributed by atoms with Crippen LogP contribution >= 0.6 is 0 Å². The molecule has 0 aliphatic carbocycles. The van der Waals surface area contributed by atoms with E-state index in [0.29, 0.717) is 23.5 Å². The maximum absolute atomic E-state index is 12.5. The molecule has 7 nitrogen and oxygen atoms in total. The SMILES string of the molecule is Cc1ccc(S(=O)(=O)NCCc2ccc(Oc3ccc(OC(F)(F)F)cc3)cc2)cc1C(=O)O.[HH]. The highest BCUT2D eigenvalue weighted by molar-refractivity contribution is 7.89. The van der Waals surface area contributed by atoms with E-state index in [1.54, 1.807) is 31.2 Å². The van der Waals surface area contributed by atoms with Gasteiger partial charge in [-0.2, -0.15) is 0 Å². The van der Waals surface area contributed by atoms with Gasteiger partial charge in [0.15, 0.2) is 0 Å². The van der Waals surface area contributed by atoms with Crippen LogP contribution in [0.3, 0.4) is 0 Å². The Bertz CT molecular complexity index is 1260. The van der Waals surface area contributed by atoms with Crippen LogP contribution in [0.4, 0.5) is 13.2 Å². The molecule has 0 aliphatic rings. The molecule has 0 radical (unpaired) electrons. The molecule has 0 saturated carbocycles. The van der Waals surface area contributed by atoms with Crippen molar-refractivity contribution in [3.8, 4) is 17.2 Å². The molecule has 3 aromatic rings. The molecule has 0 bridgehead atoms. The fourth-order valence-corrected chi connectivity index (χ4v) is 4.04. The lowest BCUT2D eigenvalue weighted by Gasteiger charge is -2.11. The van der Waals surface area contributed by atoms with Gasteiger partial charge in [-0.3, -0.25) is 0 Å². The van der Waals surface area contributed by atoms with Crippen LogP contribution in [-0.4, -0.2) is 32.4 Å². The van der Waals surface area contributed by atoms with Crippen molar-refractivity contribution in [3.05, 3.63) is 83.4 Å². The van der Waals surface area contributed by atoms with Gasteiger partial charge in [-0.15, -0.1) is 13.2 Å². The van der Waals surface area contributed by atoms with Gasteiger partial charge in [0.25, 0.3) is 0 Å². The standard InChI is InChI=1S/C23H20F3NO6S.H2/c1-15-2-11-20(14-21(15)22(28)29)34(30,31)27-13-12-16-3-5-17(6-4-16)32-18-7-9-19(10-8-18)33-23(24,25)26;/h2-11,14,27H,12-13H2,1H3,(H,28,29);1H. The first kappa shape index (κ1) is 25.1. The number of carboxylic acids is 1. The van der Waals surface area contributed by atoms with Crippen molar-refractivity contribution >= 4 is 16.0 Å². The normalized spacial score (nSPS) is 11.8. The zero-order valence-electron chi connectivity index (χ0n) is 17.8. The Hall–Kier alpha value is -3.57. The van der Waals surface area contributed by atoms with E-state index in [2.05, 4.69) is 9.46 Å². The smallest absolute Gasteiger partial charge is 0.478 e. The first-order valence-electron chi connectivity index (χ1n) is 9.89. The number of hydrogen-bond acceptors (Lipinski definition) is 5. The van der Waals surface area contributed by atoms with E-state index < -0.39 is 22.4 Å². The largest absolute Gasteiger partial charge is 0.573 e. The summed E-state index contributed by atoms with van der Waals surface area (Å²) in [7, 11) is -3.89. The summed E-state index contributed by atoms with van der Waals surface area (Å²) < 4.78 is 73.4. The number of aromatic carboxylic acids is 1. The second-order valence-corrected chi connectivity index (χ2v) is 8.96. The molecule has 0 heterocycles. The number of halogens is 3. The Morgan fingerprint density at radius 1 is 0.971 bits per heavy atom. The molecular formula is C23H22F3NO6S. The highest BCUT2D eigenvalue weighted by Crippen LogP contribution is 2.27. The van der Waals surface area contributed by atoms with Gasteiger partial charge < -0.3 is 14.6 Å². The molecule has 2 N–H and O–H groups in total. The summed E-state index contributed by atoms with van der Waals surface area (Å²) in [6.45, 7) is 1.66. The number of alkyl halides is 3. The molecule has 0 atom stereocenters. The highest BCUT2D eigenvalue weighted by Gasteiger charge is 2.31. The number of carboxylic acid groups (broad SMARTS) is 1. The summed E-state index contributed by atoms with van der Waals surface area (Å²) in [5.41, 5.74) is 1.18. The number of ether oxygens (including phenoxy) is 2. The Morgan fingerprint density at radius 2 is 1.53 bits per heavy atom. The molecule has 0 amide bonds. The molecule has 0 saturated heterocycles. The van der Waals surface area contributed by atoms with Crippen LogP contribution < -0.4 is 14.2 Å². The van der Waals surface area contributed by atoms with E-state index >= 15 is 0 Å². The quantitative estimate of drug-likeness (QED) is 0.424. The van der Waals surface area contributed by atoms with Gasteiger partial charge in [0.1, 0.15) is 17.2 Å². The Labute approximate surface area is 195 Å². The number of carbonyl (C=O) groups is 1. The van der Waals surface area contributed by atoms with E-state index in [-0.39, 0.29) is 24.2 Å². The maximum Gasteiger partial charge on any atom is 0.573 e. The number of aryl methyl sites for hydroxylation is 1. The van der Waals surface area contributed by atoms with Gasteiger partial charge in [0.05, 0.1) is 10.5 Å². The highest BCUT2D eigenvalue weighted by atomic mass is 32.2. The third-order valence-electron chi connectivity index (χ3n) is 4.67. The molecule has 11 heteroatoms. The summed E-state index contributed by atoms with van der Waals surface area (Å²) >= 11 is 0. The van der Waals surface area contributed by atoms with Gasteiger partial charge in [-0.25, -0.2) is 17.9 Å². The van der Waals surface area contributed by atoms with Crippen LogP contribution in [0.15, 0.2) is 71.6 Å². The summed E-state index contributed by atoms with van der Waals surface area (Å²) in [5.74, 6) is -0.812. The predicted octanol–water partition coefficient (Wildman–Crippen LogP) is 5.15. The molecule has 0 aromatic heterocycles. The molecule has 3 rings (SSSR count). The van der Waals surface area contributed by atoms with Crippen molar-refractivity contribution < 1.29 is 42.4 Å². The van der Waals surface area contributed by atoms with Crippen LogP contribution in [0.25, 0.3) is 0 Å². The van der Waals surface area contributed by atoms with Crippen LogP contribution in [-0.2, 0) is 16.4 Å². The number of rotatable bonds is 9. The molecule has 0 spiro atoms. The number of sulfonamides is 1. The van der Waals surface area contributed by atoms with Crippen LogP contribution in [0.1, 0.15) is 22.9 Å². The Morgan fingerprint density at radius 3 is 2.09 bits per heavy atom. The monoisotopic (exact) mass is 497 g/mol. The summed E-state index contributed by atoms with van der Waals surface area (Å²) in [4.78, 5) is 11.1. The van der Waals surface area contributed by atoms with Crippen LogP contribution in [0.2, 0.25) is 0 Å². The van der Waals surface area contributed by atoms with Crippen molar-refractivity contribution in [1.82, 2.24) is 4.72 Å². The lowest BCUT2D eigenvalue weighted by atomic mass is 10.1. The summed E-state index contributed by atoms with van der Waals surface area (Å²) in [5, 5.41) is 9.18. The molecular weight excluding hydrogens is 475 g/mol. The molecule has 0 aliphatic heterocycles. The third-order valence-corrected chi connectivity index (χ3v) is 6.13. The molecule has 0 fully saturated rings. The predicted molar refractivity (Wildman–Crippen MR) is 119 cm³/mol. The van der Waals surface area contributed by atoms with Gasteiger partial charge in [0.2, 0.25) is 10.0 Å². The molecule has 182 valence electrons. The lowest BCUT2D eigenvalue weighted by Crippen LogP contribution is -2.26. The van der Waals surface area contributed by atoms with Gasteiger partial charge in [0, 0.05) is 7.97 Å². The minimum absolute atomic E-state index is 0. The van der Waals surface area contributed by atoms with Gasteiger partial charge in [-0.1, -0.05) is 18.2 Å². The molecule has 3 aromatic carbocycles. The zero-order chi connectivity index (χ0) is 24.9. The van der Waals surface area contributed by atoms with Crippen molar-refractivity contribution in [2.75, 3.05) is 6.54 Å².